The van der Waals surface area contributed by atoms with Crippen LogP contribution in [0.4, 0.5) is 0 Å². The monoisotopic (exact) mass is 1270 g/mol. The van der Waals surface area contributed by atoms with Gasteiger partial charge in [0, 0.05) is 0 Å². The van der Waals surface area contributed by atoms with E-state index in [0.717, 1.165) is 19.1 Å². The van der Waals surface area contributed by atoms with Crippen molar-refractivity contribution in [1.29, 1.82) is 0 Å². The molecule has 21 nitrogen and oxygen atoms in total. The summed E-state index contributed by atoms with van der Waals surface area (Å²) in [5.41, 5.74) is -2.09. The van der Waals surface area contributed by atoms with Gasteiger partial charge in [0.25, 0.3) is 0 Å². The van der Waals surface area contributed by atoms with E-state index < -0.39 is 163 Å². The average molecular weight is 1270 g/mol. The number of Topliss-reactive ketones (excluding diaryl/α,β-unsaturated/α-hetero) is 1. The zero-order valence-electron chi connectivity index (χ0n) is 48.9. The van der Waals surface area contributed by atoms with Gasteiger partial charge in [0.1, 0.15) is 67.3 Å². The number of allylic oxidation sites excluding steroid dienone is 2. The predicted molar refractivity (Wildman–Crippen MR) is 295 cm³/mol. The number of aliphatic hydroxyl groups is 9. The predicted octanol–water partition coefficient (Wildman–Crippen LogP) is 1.83. The van der Waals surface area contributed by atoms with Crippen molar-refractivity contribution in [2.24, 2.45) is 50.2 Å². The fourth-order valence-electron chi connectivity index (χ4n) is 16.8. The number of aliphatic hydroxyl groups excluding tert-OH is 9. The number of amides is 1. The molecule has 3 saturated heterocycles. The van der Waals surface area contributed by atoms with Gasteiger partial charge in [0.2, 0.25) is 0 Å². The van der Waals surface area contributed by atoms with Crippen molar-refractivity contribution < 1.29 is 98.7 Å². The van der Waals surface area contributed by atoms with Gasteiger partial charge in [-0.25, -0.2) is 4.79 Å². The Balaban J connectivity index is 0.976. The van der Waals surface area contributed by atoms with Crippen molar-refractivity contribution in [3.8, 4) is 0 Å². The Labute approximate surface area is 484 Å². The van der Waals surface area contributed by atoms with Crippen LogP contribution >= 0.6 is 0 Å². The van der Waals surface area contributed by atoms with E-state index in [-0.39, 0.29) is 47.7 Å². The van der Waals surface area contributed by atoms with Crippen molar-refractivity contribution >= 4 is 45.9 Å². The molecule has 0 aromatic heterocycles. The van der Waals surface area contributed by atoms with Crippen LogP contribution in [0.1, 0.15) is 123 Å². The number of nitrogens with one attached hydrogen (secondary N) is 1. The molecule has 9 rings (SSSR count). The van der Waals surface area contributed by atoms with Crippen LogP contribution in [-0.4, -0.2) is 211 Å². The number of ketones is 1. The van der Waals surface area contributed by atoms with Crippen molar-refractivity contribution in [1.82, 2.24) is 5.32 Å². The molecule has 82 heavy (non-hydrogen) atoms. The summed E-state index contributed by atoms with van der Waals surface area (Å²) in [6, 6.07) is 7.86. The Bertz CT molecular complexity index is 2540. The van der Waals surface area contributed by atoms with E-state index in [1.165, 1.54) is 9.15 Å². The number of carboxylic acid groups (broad SMARTS) is 1. The Morgan fingerprint density at radius 3 is 2.06 bits per heavy atom. The van der Waals surface area contributed by atoms with Crippen LogP contribution in [0.25, 0.3) is 0 Å². The first-order valence-corrected chi connectivity index (χ1v) is 39.6. The van der Waals surface area contributed by atoms with Crippen LogP contribution in [0.2, 0.25) is 14.8 Å². The number of hydrogen-bond acceptors (Lipinski definition) is 19. The van der Waals surface area contributed by atoms with Crippen molar-refractivity contribution in [3.63, 3.8) is 0 Å². The number of hydrogen-bond donors (Lipinski definition) is 11. The second-order valence-electron chi connectivity index (χ2n) is 28.1. The maximum absolute atomic E-state index is 15.0. The van der Waals surface area contributed by atoms with Gasteiger partial charge < -0.3 is 84.3 Å². The van der Waals surface area contributed by atoms with E-state index in [1.807, 2.05) is 12.1 Å². The van der Waals surface area contributed by atoms with Gasteiger partial charge in [-0.3, -0.25) is 0 Å². The summed E-state index contributed by atoms with van der Waals surface area (Å²) in [6.45, 7) is 12.0. The SMILES string of the molecule is CC1(C)CCC2(C(=O)CCCNC(=O)c3cc[c]([Sn]([CH3])([CH3])[CH3])cc3)C(C1)C1=CCC3C4(C)CC[C@H](OC5OC(C(=O)O)[C@@H](O)[C@H](OC6OC[C@@H](O)[C@H](O)[C@@H]6O)[C@@H]5OC5OC(CO)[C@H](O)[C@H](O)[C@@H]5O)[C@](C)(C=O)[C@@H]4CC[C@]3(C)[C@]1(C)C[C@@H]2O. The molecule has 9 unspecified atom stereocenters. The van der Waals surface area contributed by atoms with Gasteiger partial charge >= 0.3 is 142 Å². The summed E-state index contributed by atoms with van der Waals surface area (Å²) in [5.74, 6) is -2.41. The number of benzene rings is 1. The van der Waals surface area contributed by atoms with Gasteiger partial charge in [-0.05, 0) is 84.9 Å². The van der Waals surface area contributed by atoms with Crippen LogP contribution in [0.15, 0.2) is 35.9 Å². The summed E-state index contributed by atoms with van der Waals surface area (Å²) < 4.78 is 37.6. The molecule has 22 heteroatoms. The van der Waals surface area contributed by atoms with E-state index in [2.05, 4.69) is 73.0 Å². The molecule has 0 bridgehead atoms. The van der Waals surface area contributed by atoms with Crippen LogP contribution < -0.4 is 8.90 Å². The van der Waals surface area contributed by atoms with Crippen LogP contribution in [-0.2, 0) is 42.8 Å². The number of aldehydes is 1. The van der Waals surface area contributed by atoms with Crippen molar-refractivity contribution in [2.75, 3.05) is 19.8 Å². The van der Waals surface area contributed by atoms with Crippen LogP contribution in [0, 0.1) is 50.2 Å². The number of fused-ring (bicyclic) bond motifs is 7. The molecule has 1 aromatic carbocycles. The van der Waals surface area contributed by atoms with E-state index in [1.54, 1.807) is 6.92 Å². The van der Waals surface area contributed by atoms with Gasteiger partial charge in [0.15, 0.2) is 25.0 Å². The minimum atomic E-state index is -2.30. The van der Waals surface area contributed by atoms with Crippen molar-refractivity contribution in [3.05, 3.63) is 41.5 Å². The number of carboxylic acids is 1. The molecule has 5 aliphatic carbocycles. The van der Waals surface area contributed by atoms with Gasteiger partial charge in [0.05, 0.1) is 24.7 Å². The number of rotatable bonds is 16. The summed E-state index contributed by atoms with van der Waals surface area (Å²) in [5, 5.41) is 112. The number of carbonyl (C=O) groups is 4. The Morgan fingerprint density at radius 1 is 0.744 bits per heavy atom. The molecule has 3 heterocycles. The molecule has 1 amide bonds. The second kappa shape index (κ2) is 23.5. The third-order valence-corrected chi connectivity index (χ3v) is 27.8. The first kappa shape index (κ1) is 63.9. The number of aliphatic carboxylic acids is 1. The Kier molecular flexibility index (Phi) is 18.3. The Hall–Kier alpha value is -2.56. The smallest absolute Gasteiger partial charge is 0.479 e. The molecule has 24 atom stereocenters. The molecule has 460 valence electrons. The van der Waals surface area contributed by atoms with Gasteiger partial charge in [-0.2, -0.15) is 0 Å². The minimum absolute atomic E-state index is 0.0237. The zero-order valence-corrected chi connectivity index (χ0v) is 51.7. The fraction of sp³-hybridized carbons (Fsp3) is 0.800. The summed E-state index contributed by atoms with van der Waals surface area (Å²) in [6.07, 6.45) is -19.2. The maximum atomic E-state index is 15.0. The zero-order chi connectivity index (χ0) is 60.0. The first-order chi connectivity index (χ1) is 38.3. The Morgan fingerprint density at radius 2 is 1.41 bits per heavy atom. The third kappa shape index (κ3) is 10.9. The summed E-state index contributed by atoms with van der Waals surface area (Å²) >= 11 is -2.30. The quantitative estimate of drug-likeness (QED) is 0.0370. The molecular weight excluding hydrogens is 1170 g/mol. The fourth-order valence-corrected chi connectivity index (χ4v) is 20.2. The minimum Gasteiger partial charge on any atom is -0.479 e. The molecule has 8 aliphatic rings. The van der Waals surface area contributed by atoms with E-state index in [0.29, 0.717) is 57.1 Å². The molecule has 0 radical (unpaired) electrons. The number of ether oxygens (including phenoxy) is 6. The molecule has 7 fully saturated rings. The van der Waals surface area contributed by atoms with Gasteiger partial charge in [-0.1, -0.05) is 53.2 Å². The second-order valence-corrected chi connectivity index (χ2v) is 42.6. The molecular formula is C60H91NO20Sn. The molecule has 4 saturated carbocycles. The van der Waals surface area contributed by atoms with Crippen LogP contribution in [0.3, 0.4) is 0 Å². The standard InChI is InChI=1S/C57H82NO20.3CH3.Sn/c1-52(2)20-21-57(35(62)13-10-22-58-47(70)28-11-8-7-9-12-28)30(23-52)29-14-15-34-53(3)18-17-37(54(4,27-60)33(53)16-19-55(34,5)56(29,6)24-36(57)63)75-51-46(78-50-42(68)40(66)39(65)32(25-59)74-50)44(43(69)45(77-51)48(71)72)76-49-41(67)38(64)31(61)26-73-49;;;;/h8-9,11-12,14,27,30-34,36-46,49-51,59,61,63-69H,10,13,15-26H2,1-6H3,(H,58,70)(H,71,72);3*1H3;/t30?,31-,32?,33-,34?,36+,37+,38+,39+,40+,41+,42+,43+,44+,45?,46+,49?,50?,51?,53?,54-,55+,56-,57?;;;;/m1..../s1. The third-order valence-electron chi connectivity index (χ3n) is 21.9. The molecule has 11 N–H and O–H groups in total. The topological polar surface area (TPSA) is 338 Å². The van der Waals surface area contributed by atoms with E-state index in [9.17, 15) is 70.2 Å². The number of carbonyl (C=O) groups excluding carboxylic acids is 3. The first-order valence-electron chi connectivity index (χ1n) is 29.6. The summed E-state index contributed by atoms with van der Waals surface area (Å²) in [7, 11) is 0. The van der Waals surface area contributed by atoms with Gasteiger partial charge in [-0.15, -0.1) is 0 Å². The van der Waals surface area contributed by atoms with E-state index in [4.69, 9.17) is 28.4 Å². The average Bonchev–Trinajstić information content (AvgIpc) is 0.861. The normalized spacial score (nSPS) is 46.4. The van der Waals surface area contributed by atoms with E-state index >= 15 is 0 Å². The molecule has 3 aliphatic heterocycles. The molecule has 1 aromatic rings. The van der Waals surface area contributed by atoms with Crippen molar-refractivity contribution in [2.45, 2.75) is 225 Å². The summed E-state index contributed by atoms with van der Waals surface area (Å²) in [4.78, 5) is 62.1. The molecule has 0 spiro atoms. The van der Waals surface area contributed by atoms with Crippen LogP contribution in [0.5, 0.6) is 0 Å².